The fourth-order valence-electron chi connectivity index (χ4n) is 3.39. The quantitative estimate of drug-likeness (QED) is 0.914. The zero-order chi connectivity index (χ0) is 14.2. The van der Waals surface area contributed by atoms with Crippen molar-refractivity contribution in [3.8, 4) is 11.8 Å². The first kappa shape index (κ1) is 13.5. The van der Waals surface area contributed by atoms with Crippen molar-refractivity contribution < 1.29 is 4.74 Å². The molecule has 1 heterocycles. The molecule has 1 fully saturated rings. The summed E-state index contributed by atoms with van der Waals surface area (Å²) in [5.41, 5.74) is 2.06. The number of benzene rings is 1. The van der Waals surface area contributed by atoms with Crippen LogP contribution in [0.2, 0.25) is 0 Å². The maximum atomic E-state index is 9.53. The molecule has 106 valence electrons. The molecule has 1 saturated carbocycles. The van der Waals surface area contributed by atoms with Crippen LogP contribution in [-0.2, 0) is 6.42 Å². The van der Waals surface area contributed by atoms with Gasteiger partial charge in [0.15, 0.2) is 0 Å². The van der Waals surface area contributed by atoms with Crippen molar-refractivity contribution >= 4 is 0 Å². The third kappa shape index (κ3) is 2.53. The normalized spacial score (nSPS) is 22.1. The monoisotopic (exact) mass is 270 g/mol. The number of rotatable bonds is 3. The SMILES string of the molecule is CC1(C)Cc2cccc(C(C#N)NC3CCCC3)c2O1. The van der Waals surface area contributed by atoms with Gasteiger partial charge in [-0.3, -0.25) is 5.32 Å². The lowest BCUT2D eigenvalue weighted by molar-refractivity contribution is 0.136. The molecule has 0 radical (unpaired) electrons. The molecule has 1 aliphatic carbocycles. The number of hydrogen-bond acceptors (Lipinski definition) is 3. The molecule has 0 amide bonds. The Kier molecular flexibility index (Phi) is 3.43. The Hall–Kier alpha value is -1.53. The minimum Gasteiger partial charge on any atom is -0.487 e. The van der Waals surface area contributed by atoms with Crippen molar-refractivity contribution in [2.45, 2.75) is 63.6 Å². The summed E-state index contributed by atoms with van der Waals surface area (Å²) in [6.07, 6.45) is 5.81. The van der Waals surface area contributed by atoms with Gasteiger partial charge in [0.05, 0.1) is 6.07 Å². The molecule has 1 N–H and O–H groups in total. The molecular formula is C17H22N2O. The summed E-state index contributed by atoms with van der Waals surface area (Å²) in [6, 6.07) is 8.80. The second-order valence-corrected chi connectivity index (χ2v) is 6.58. The fourth-order valence-corrected chi connectivity index (χ4v) is 3.39. The minimum absolute atomic E-state index is 0.161. The average molecular weight is 270 g/mol. The van der Waals surface area contributed by atoms with Crippen LogP contribution in [0, 0.1) is 11.3 Å². The maximum Gasteiger partial charge on any atom is 0.129 e. The molecule has 0 saturated heterocycles. The van der Waals surface area contributed by atoms with Gasteiger partial charge in [-0.05, 0) is 32.3 Å². The third-order valence-corrected chi connectivity index (χ3v) is 4.32. The molecule has 1 unspecified atom stereocenters. The molecule has 3 rings (SSSR count). The van der Waals surface area contributed by atoms with E-state index in [9.17, 15) is 5.26 Å². The Morgan fingerprint density at radius 2 is 2.10 bits per heavy atom. The van der Waals surface area contributed by atoms with Crippen LogP contribution in [0.15, 0.2) is 18.2 Å². The number of nitrogens with zero attached hydrogens (tertiary/aromatic N) is 1. The number of hydrogen-bond donors (Lipinski definition) is 1. The molecule has 3 heteroatoms. The van der Waals surface area contributed by atoms with Gasteiger partial charge < -0.3 is 4.74 Å². The lowest BCUT2D eigenvalue weighted by Crippen LogP contribution is -2.30. The Morgan fingerprint density at radius 3 is 2.80 bits per heavy atom. The van der Waals surface area contributed by atoms with Crippen molar-refractivity contribution in [2.75, 3.05) is 0 Å². The fraction of sp³-hybridized carbons (Fsp3) is 0.588. The van der Waals surface area contributed by atoms with E-state index in [1.54, 1.807) is 0 Å². The van der Waals surface area contributed by atoms with Crippen molar-refractivity contribution in [3.63, 3.8) is 0 Å². The lowest BCUT2D eigenvalue weighted by atomic mass is 9.98. The van der Waals surface area contributed by atoms with Crippen LogP contribution in [0.25, 0.3) is 0 Å². The largest absolute Gasteiger partial charge is 0.487 e. The number of fused-ring (bicyclic) bond motifs is 1. The Bertz CT molecular complexity index is 538. The zero-order valence-electron chi connectivity index (χ0n) is 12.3. The van der Waals surface area contributed by atoms with E-state index in [1.807, 2.05) is 12.1 Å². The van der Waals surface area contributed by atoms with Gasteiger partial charge in [0.2, 0.25) is 0 Å². The van der Waals surface area contributed by atoms with Gasteiger partial charge >= 0.3 is 0 Å². The maximum absolute atomic E-state index is 9.53. The highest BCUT2D eigenvalue weighted by Gasteiger charge is 2.33. The van der Waals surface area contributed by atoms with Gasteiger partial charge in [-0.1, -0.05) is 31.0 Å². The lowest BCUT2D eigenvalue weighted by Gasteiger charge is -2.21. The van der Waals surface area contributed by atoms with Gasteiger partial charge in [0.1, 0.15) is 17.4 Å². The molecule has 3 nitrogen and oxygen atoms in total. The van der Waals surface area contributed by atoms with Crippen molar-refractivity contribution in [2.24, 2.45) is 0 Å². The summed E-state index contributed by atoms with van der Waals surface area (Å²) in [7, 11) is 0. The van der Waals surface area contributed by atoms with E-state index in [-0.39, 0.29) is 11.6 Å². The predicted molar refractivity (Wildman–Crippen MR) is 78.6 cm³/mol. The van der Waals surface area contributed by atoms with E-state index in [0.717, 1.165) is 17.7 Å². The number of ether oxygens (including phenoxy) is 1. The molecule has 0 aromatic heterocycles. The van der Waals surface area contributed by atoms with Gasteiger partial charge in [0, 0.05) is 18.0 Å². The first-order chi connectivity index (χ1) is 9.59. The molecule has 2 aliphatic rings. The molecular weight excluding hydrogens is 248 g/mol. The summed E-state index contributed by atoms with van der Waals surface area (Å²) in [5, 5.41) is 13.0. The molecule has 20 heavy (non-hydrogen) atoms. The van der Waals surface area contributed by atoms with E-state index in [2.05, 4.69) is 31.3 Å². The summed E-state index contributed by atoms with van der Waals surface area (Å²) in [5.74, 6) is 0.926. The smallest absolute Gasteiger partial charge is 0.129 e. The third-order valence-electron chi connectivity index (χ3n) is 4.32. The van der Waals surface area contributed by atoms with E-state index in [0.29, 0.717) is 6.04 Å². The zero-order valence-corrected chi connectivity index (χ0v) is 12.3. The highest BCUT2D eigenvalue weighted by atomic mass is 16.5. The molecule has 1 atom stereocenters. The van der Waals surface area contributed by atoms with E-state index in [1.165, 1.54) is 31.2 Å². The van der Waals surface area contributed by atoms with Crippen LogP contribution >= 0.6 is 0 Å². The van der Waals surface area contributed by atoms with Crippen LogP contribution in [0.3, 0.4) is 0 Å². The summed E-state index contributed by atoms with van der Waals surface area (Å²) in [4.78, 5) is 0. The number of nitriles is 1. The summed E-state index contributed by atoms with van der Waals surface area (Å²) < 4.78 is 6.08. The van der Waals surface area contributed by atoms with E-state index in [4.69, 9.17) is 4.74 Å². The molecule has 1 aromatic rings. The van der Waals surface area contributed by atoms with Gasteiger partial charge in [-0.2, -0.15) is 5.26 Å². The molecule has 0 bridgehead atoms. The van der Waals surface area contributed by atoms with Crippen LogP contribution < -0.4 is 10.1 Å². The molecule has 1 aromatic carbocycles. The van der Waals surface area contributed by atoms with Crippen molar-refractivity contribution in [1.29, 1.82) is 5.26 Å². The molecule has 1 aliphatic heterocycles. The van der Waals surface area contributed by atoms with Crippen LogP contribution in [0.4, 0.5) is 0 Å². The highest BCUT2D eigenvalue weighted by molar-refractivity contribution is 5.48. The predicted octanol–water partition coefficient (Wildman–Crippen LogP) is 3.50. The van der Waals surface area contributed by atoms with Gasteiger partial charge in [0.25, 0.3) is 0 Å². The summed E-state index contributed by atoms with van der Waals surface area (Å²) in [6.45, 7) is 4.20. The van der Waals surface area contributed by atoms with Crippen molar-refractivity contribution in [1.82, 2.24) is 5.32 Å². The number of para-hydroxylation sites is 1. The first-order valence-electron chi connectivity index (χ1n) is 7.55. The van der Waals surface area contributed by atoms with Gasteiger partial charge in [-0.15, -0.1) is 0 Å². The highest BCUT2D eigenvalue weighted by Crippen LogP contribution is 2.40. The average Bonchev–Trinajstić information content (AvgIpc) is 3.00. The second-order valence-electron chi connectivity index (χ2n) is 6.58. The van der Waals surface area contributed by atoms with Crippen molar-refractivity contribution in [3.05, 3.63) is 29.3 Å². The van der Waals surface area contributed by atoms with E-state index >= 15 is 0 Å². The van der Waals surface area contributed by atoms with Crippen LogP contribution in [0.5, 0.6) is 5.75 Å². The minimum atomic E-state index is -0.262. The summed E-state index contributed by atoms with van der Waals surface area (Å²) >= 11 is 0. The molecule has 0 spiro atoms. The number of nitrogens with one attached hydrogen (secondary N) is 1. The van der Waals surface area contributed by atoms with Gasteiger partial charge in [-0.25, -0.2) is 0 Å². The Labute approximate surface area is 120 Å². The standard InChI is InChI=1S/C17H22N2O/c1-17(2)10-12-6-5-9-14(16(12)20-17)15(11-18)19-13-7-3-4-8-13/h5-6,9,13,15,19H,3-4,7-8,10H2,1-2H3. The Balaban J connectivity index is 1.86. The van der Waals surface area contributed by atoms with E-state index < -0.39 is 0 Å². The van der Waals surface area contributed by atoms with Crippen LogP contribution in [0.1, 0.15) is 56.7 Å². The Morgan fingerprint density at radius 1 is 1.35 bits per heavy atom. The topological polar surface area (TPSA) is 45.0 Å². The first-order valence-corrected chi connectivity index (χ1v) is 7.55. The van der Waals surface area contributed by atoms with Crippen LogP contribution in [-0.4, -0.2) is 11.6 Å². The second kappa shape index (κ2) is 5.10.